The van der Waals surface area contributed by atoms with Gasteiger partial charge in [-0.1, -0.05) is 60.7 Å². The quantitative estimate of drug-likeness (QED) is 0.817. The summed E-state index contributed by atoms with van der Waals surface area (Å²) in [6, 6.07) is 21.2. The summed E-state index contributed by atoms with van der Waals surface area (Å²) >= 11 is 0. The molecular weight excluding hydrogens is 310 g/mol. The van der Waals surface area contributed by atoms with E-state index in [9.17, 15) is 0 Å². The zero-order valence-corrected chi connectivity index (χ0v) is 14.8. The second-order valence-corrected chi connectivity index (χ2v) is 7.23. The third-order valence-corrected chi connectivity index (χ3v) is 5.48. The van der Waals surface area contributed by atoms with Crippen LogP contribution in [0, 0.1) is 5.92 Å². The Balaban J connectivity index is 1.36. The van der Waals surface area contributed by atoms with Gasteiger partial charge in [0.25, 0.3) is 0 Å². The lowest BCUT2D eigenvalue weighted by atomic mass is 9.86. The highest BCUT2D eigenvalue weighted by molar-refractivity contribution is 5.21. The first kappa shape index (κ1) is 16.8. The number of ether oxygens (including phenoxy) is 2. The molecule has 132 valence electrons. The summed E-state index contributed by atoms with van der Waals surface area (Å²) in [5.74, 6) is 0.137. The Morgan fingerprint density at radius 3 is 2.08 bits per heavy atom. The summed E-state index contributed by atoms with van der Waals surface area (Å²) in [6.07, 6.45) is 3.40. The number of rotatable bonds is 5. The number of hydrogen-bond acceptors (Lipinski definition) is 3. The molecule has 0 aromatic heterocycles. The molecule has 0 radical (unpaired) electrons. The summed E-state index contributed by atoms with van der Waals surface area (Å²) < 4.78 is 12.2. The monoisotopic (exact) mass is 337 g/mol. The van der Waals surface area contributed by atoms with Crippen LogP contribution in [0.5, 0.6) is 0 Å². The molecule has 2 aromatic carbocycles. The van der Waals surface area contributed by atoms with Crippen molar-refractivity contribution in [2.75, 3.05) is 26.3 Å². The van der Waals surface area contributed by atoms with Crippen molar-refractivity contribution in [3.63, 3.8) is 0 Å². The van der Waals surface area contributed by atoms with Gasteiger partial charge in [0.05, 0.1) is 13.2 Å². The van der Waals surface area contributed by atoms with Gasteiger partial charge in [-0.05, 0) is 37.4 Å². The van der Waals surface area contributed by atoms with Gasteiger partial charge in [-0.25, -0.2) is 0 Å². The van der Waals surface area contributed by atoms with Crippen LogP contribution in [0.1, 0.15) is 30.4 Å². The highest BCUT2D eigenvalue weighted by Crippen LogP contribution is 2.40. The van der Waals surface area contributed by atoms with E-state index >= 15 is 0 Å². The first-order valence-electron chi connectivity index (χ1n) is 9.44. The Morgan fingerprint density at radius 1 is 0.840 bits per heavy atom. The van der Waals surface area contributed by atoms with Crippen molar-refractivity contribution < 1.29 is 9.47 Å². The molecule has 2 saturated heterocycles. The number of likely N-dealkylation sites (tertiary alicyclic amines) is 1. The molecule has 0 bridgehead atoms. The zero-order chi connectivity index (χ0) is 17.0. The topological polar surface area (TPSA) is 21.7 Å². The van der Waals surface area contributed by atoms with Crippen LogP contribution in [0.4, 0.5) is 0 Å². The predicted molar refractivity (Wildman–Crippen MR) is 99.1 cm³/mol. The van der Waals surface area contributed by atoms with Crippen molar-refractivity contribution in [3.8, 4) is 0 Å². The fourth-order valence-corrected chi connectivity index (χ4v) is 4.12. The largest absolute Gasteiger partial charge is 0.343 e. The molecule has 25 heavy (non-hydrogen) atoms. The maximum absolute atomic E-state index is 6.12. The summed E-state index contributed by atoms with van der Waals surface area (Å²) in [5.41, 5.74) is 2.57. The molecule has 2 fully saturated rings. The number of hydrogen-bond donors (Lipinski definition) is 0. The van der Waals surface area contributed by atoms with Gasteiger partial charge < -0.3 is 9.47 Å². The molecular formula is C22H27NO2. The minimum Gasteiger partial charge on any atom is -0.343 e. The van der Waals surface area contributed by atoms with Crippen molar-refractivity contribution in [1.82, 2.24) is 4.90 Å². The van der Waals surface area contributed by atoms with Crippen LogP contribution in [0.2, 0.25) is 0 Å². The molecule has 4 rings (SSSR count). The van der Waals surface area contributed by atoms with Crippen LogP contribution >= 0.6 is 0 Å². The maximum Gasteiger partial charge on any atom is 0.195 e. The fourth-order valence-electron chi connectivity index (χ4n) is 4.12. The first-order chi connectivity index (χ1) is 12.3. The van der Waals surface area contributed by atoms with Crippen LogP contribution in [0.15, 0.2) is 60.7 Å². The van der Waals surface area contributed by atoms with Crippen LogP contribution in [-0.2, 0) is 21.8 Å². The molecule has 0 spiro atoms. The van der Waals surface area contributed by atoms with Crippen molar-refractivity contribution in [3.05, 3.63) is 71.8 Å². The lowest BCUT2D eigenvalue weighted by molar-refractivity contribution is -0.181. The van der Waals surface area contributed by atoms with E-state index in [0.717, 1.165) is 26.1 Å². The molecule has 2 heterocycles. The number of piperidine rings is 1. The summed E-state index contributed by atoms with van der Waals surface area (Å²) in [6.45, 7) is 4.77. The van der Waals surface area contributed by atoms with E-state index in [4.69, 9.17) is 9.47 Å². The van der Waals surface area contributed by atoms with E-state index < -0.39 is 5.79 Å². The van der Waals surface area contributed by atoms with E-state index in [2.05, 4.69) is 59.5 Å². The van der Waals surface area contributed by atoms with Gasteiger partial charge in [0.2, 0.25) is 0 Å². The van der Waals surface area contributed by atoms with E-state index in [0.29, 0.717) is 19.1 Å². The number of nitrogens with zero attached hydrogens (tertiary/aromatic N) is 1. The average Bonchev–Trinajstić information content (AvgIpc) is 3.15. The summed E-state index contributed by atoms with van der Waals surface area (Å²) in [7, 11) is 0. The van der Waals surface area contributed by atoms with E-state index in [1.165, 1.54) is 24.0 Å². The average molecular weight is 337 g/mol. The Kier molecular flexibility index (Phi) is 5.16. The standard InChI is InChI=1S/C22H27NO2/c1-3-7-20(8-4-1)18-23-13-11-19(12-14-23)17-22(24-15-16-25-22)21-9-5-2-6-10-21/h1-10,19H,11-18H2. The van der Waals surface area contributed by atoms with Crippen molar-refractivity contribution >= 4 is 0 Å². The van der Waals surface area contributed by atoms with Gasteiger partial charge in [-0.2, -0.15) is 0 Å². The van der Waals surface area contributed by atoms with Gasteiger partial charge in [0, 0.05) is 18.5 Å². The van der Waals surface area contributed by atoms with Crippen molar-refractivity contribution in [2.45, 2.75) is 31.6 Å². The Morgan fingerprint density at radius 2 is 1.44 bits per heavy atom. The fraction of sp³-hybridized carbons (Fsp3) is 0.455. The third-order valence-electron chi connectivity index (χ3n) is 5.48. The third kappa shape index (κ3) is 3.95. The lowest BCUT2D eigenvalue weighted by Gasteiger charge is -2.37. The van der Waals surface area contributed by atoms with Crippen LogP contribution in [-0.4, -0.2) is 31.2 Å². The summed E-state index contributed by atoms with van der Waals surface area (Å²) in [4.78, 5) is 2.57. The van der Waals surface area contributed by atoms with Crippen LogP contribution < -0.4 is 0 Å². The van der Waals surface area contributed by atoms with Gasteiger partial charge in [0.15, 0.2) is 5.79 Å². The second-order valence-electron chi connectivity index (χ2n) is 7.23. The predicted octanol–water partition coefficient (Wildman–Crippen LogP) is 4.19. The molecule has 2 aliphatic heterocycles. The van der Waals surface area contributed by atoms with Gasteiger partial charge in [-0.15, -0.1) is 0 Å². The summed E-state index contributed by atoms with van der Waals surface area (Å²) in [5, 5.41) is 0. The number of benzene rings is 2. The zero-order valence-electron chi connectivity index (χ0n) is 14.8. The Bertz CT molecular complexity index is 644. The van der Waals surface area contributed by atoms with Gasteiger partial charge >= 0.3 is 0 Å². The minimum absolute atomic E-state index is 0.520. The molecule has 2 aromatic rings. The molecule has 0 saturated carbocycles. The van der Waals surface area contributed by atoms with Gasteiger partial charge in [0.1, 0.15) is 0 Å². The first-order valence-corrected chi connectivity index (χ1v) is 9.44. The SMILES string of the molecule is c1ccc(CN2CCC(CC3(c4ccccc4)OCCO3)CC2)cc1. The normalized spacial score (nSPS) is 21.4. The van der Waals surface area contributed by atoms with Crippen molar-refractivity contribution in [1.29, 1.82) is 0 Å². The molecule has 0 aliphatic carbocycles. The highest BCUT2D eigenvalue weighted by atomic mass is 16.7. The Hall–Kier alpha value is -1.68. The van der Waals surface area contributed by atoms with E-state index in [1.54, 1.807) is 0 Å². The molecule has 0 unspecified atom stereocenters. The smallest absolute Gasteiger partial charge is 0.195 e. The van der Waals surface area contributed by atoms with Crippen LogP contribution in [0.25, 0.3) is 0 Å². The lowest BCUT2D eigenvalue weighted by Crippen LogP contribution is -2.37. The van der Waals surface area contributed by atoms with Gasteiger partial charge in [-0.3, -0.25) is 4.90 Å². The van der Waals surface area contributed by atoms with E-state index in [-0.39, 0.29) is 0 Å². The minimum atomic E-state index is -0.520. The molecule has 0 amide bonds. The molecule has 3 heteroatoms. The van der Waals surface area contributed by atoms with Crippen LogP contribution in [0.3, 0.4) is 0 Å². The maximum atomic E-state index is 6.12. The van der Waals surface area contributed by atoms with E-state index in [1.807, 2.05) is 6.07 Å². The molecule has 0 N–H and O–H groups in total. The highest BCUT2D eigenvalue weighted by Gasteiger charge is 2.41. The molecule has 3 nitrogen and oxygen atoms in total. The van der Waals surface area contributed by atoms with Crippen molar-refractivity contribution in [2.24, 2.45) is 5.92 Å². The Labute approximate surface area is 150 Å². The molecule has 2 aliphatic rings. The molecule has 0 atom stereocenters. The second kappa shape index (κ2) is 7.69.